The Labute approximate surface area is 91.5 Å². The third-order valence-electron chi connectivity index (χ3n) is 2.65. The van der Waals surface area contributed by atoms with E-state index in [2.05, 4.69) is 36.2 Å². The SMILES string of the molecule is CCNC(C)(C)c1nc(C(C)CC)no1. The maximum atomic E-state index is 5.28. The smallest absolute Gasteiger partial charge is 0.246 e. The van der Waals surface area contributed by atoms with Crippen molar-refractivity contribution in [3.63, 3.8) is 0 Å². The highest BCUT2D eigenvalue weighted by molar-refractivity contribution is 5.01. The monoisotopic (exact) mass is 211 g/mol. The summed E-state index contributed by atoms with van der Waals surface area (Å²) in [6, 6.07) is 0. The van der Waals surface area contributed by atoms with E-state index >= 15 is 0 Å². The van der Waals surface area contributed by atoms with Gasteiger partial charge in [0.05, 0.1) is 5.54 Å². The molecule has 0 fully saturated rings. The highest BCUT2D eigenvalue weighted by Crippen LogP contribution is 2.21. The van der Waals surface area contributed by atoms with Gasteiger partial charge in [-0.25, -0.2) is 0 Å². The van der Waals surface area contributed by atoms with Crippen LogP contribution in [0, 0.1) is 0 Å². The minimum absolute atomic E-state index is 0.243. The number of rotatable bonds is 5. The van der Waals surface area contributed by atoms with E-state index in [1.807, 2.05) is 13.8 Å². The lowest BCUT2D eigenvalue weighted by Crippen LogP contribution is -2.36. The molecule has 1 N–H and O–H groups in total. The number of hydrogen-bond acceptors (Lipinski definition) is 4. The number of hydrogen-bond donors (Lipinski definition) is 1. The van der Waals surface area contributed by atoms with E-state index in [4.69, 9.17) is 4.52 Å². The molecule has 1 heterocycles. The average molecular weight is 211 g/mol. The fourth-order valence-corrected chi connectivity index (χ4v) is 1.39. The molecular weight excluding hydrogens is 190 g/mol. The van der Waals surface area contributed by atoms with Gasteiger partial charge in [-0.3, -0.25) is 0 Å². The van der Waals surface area contributed by atoms with Crippen molar-refractivity contribution in [3.05, 3.63) is 11.7 Å². The van der Waals surface area contributed by atoms with Crippen molar-refractivity contribution in [1.82, 2.24) is 15.5 Å². The van der Waals surface area contributed by atoms with Gasteiger partial charge in [0.2, 0.25) is 5.89 Å². The summed E-state index contributed by atoms with van der Waals surface area (Å²) < 4.78 is 5.28. The first-order chi connectivity index (χ1) is 7.01. The van der Waals surface area contributed by atoms with Crippen molar-refractivity contribution in [1.29, 1.82) is 0 Å². The van der Waals surface area contributed by atoms with Gasteiger partial charge in [-0.15, -0.1) is 0 Å². The normalized spacial score (nSPS) is 14.2. The molecule has 0 amide bonds. The molecule has 0 aliphatic rings. The van der Waals surface area contributed by atoms with Gasteiger partial charge < -0.3 is 9.84 Å². The summed E-state index contributed by atoms with van der Waals surface area (Å²) in [4.78, 5) is 4.43. The van der Waals surface area contributed by atoms with Crippen LogP contribution in [0.4, 0.5) is 0 Å². The van der Waals surface area contributed by atoms with Crippen LogP contribution >= 0.6 is 0 Å². The molecule has 86 valence electrons. The first kappa shape index (κ1) is 12.2. The Morgan fingerprint density at radius 2 is 2.07 bits per heavy atom. The van der Waals surface area contributed by atoms with Gasteiger partial charge in [-0.1, -0.05) is 25.9 Å². The topological polar surface area (TPSA) is 51.0 Å². The first-order valence-corrected chi connectivity index (χ1v) is 5.60. The van der Waals surface area contributed by atoms with Gasteiger partial charge in [0.25, 0.3) is 0 Å². The molecule has 0 saturated carbocycles. The number of nitrogens with zero attached hydrogens (tertiary/aromatic N) is 2. The average Bonchev–Trinajstić information content (AvgIpc) is 2.66. The van der Waals surface area contributed by atoms with Gasteiger partial charge >= 0.3 is 0 Å². The Hall–Kier alpha value is -0.900. The van der Waals surface area contributed by atoms with E-state index in [9.17, 15) is 0 Å². The number of aromatic nitrogens is 2. The summed E-state index contributed by atoms with van der Waals surface area (Å²) in [5.41, 5.74) is -0.243. The second-order valence-corrected chi connectivity index (χ2v) is 4.42. The molecule has 1 atom stereocenters. The highest BCUT2D eigenvalue weighted by atomic mass is 16.5. The molecule has 1 aromatic rings. The minimum atomic E-state index is -0.243. The molecule has 1 aromatic heterocycles. The van der Waals surface area contributed by atoms with E-state index < -0.39 is 0 Å². The lowest BCUT2D eigenvalue weighted by atomic mass is 10.1. The van der Waals surface area contributed by atoms with Crippen LogP contribution in [0.1, 0.15) is 58.7 Å². The van der Waals surface area contributed by atoms with Crippen LogP contribution in [-0.4, -0.2) is 16.7 Å². The van der Waals surface area contributed by atoms with Crippen molar-refractivity contribution < 1.29 is 4.52 Å². The second kappa shape index (κ2) is 4.75. The van der Waals surface area contributed by atoms with Crippen molar-refractivity contribution in [2.75, 3.05) is 6.54 Å². The van der Waals surface area contributed by atoms with Crippen molar-refractivity contribution in [2.45, 2.75) is 52.5 Å². The van der Waals surface area contributed by atoms with Crippen LogP contribution in [0.15, 0.2) is 4.52 Å². The lowest BCUT2D eigenvalue weighted by Gasteiger charge is -2.20. The first-order valence-electron chi connectivity index (χ1n) is 5.60. The molecule has 0 aliphatic heterocycles. The van der Waals surface area contributed by atoms with Gasteiger partial charge in [-0.2, -0.15) is 4.98 Å². The van der Waals surface area contributed by atoms with Crippen LogP contribution in [0.3, 0.4) is 0 Å². The Morgan fingerprint density at radius 3 is 2.60 bits per heavy atom. The summed E-state index contributed by atoms with van der Waals surface area (Å²) in [7, 11) is 0. The fraction of sp³-hybridized carbons (Fsp3) is 0.818. The van der Waals surface area contributed by atoms with E-state index in [1.165, 1.54) is 0 Å². The molecular formula is C11H21N3O. The Balaban J connectivity index is 2.83. The molecule has 0 radical (unpaired) electrons. The zero-order valence-electron chi connectivity index (χ0n) is 10.3. The molecule has 1 unspecified atom stereocenters. The predicted molar refractivity (Wildman–Crippen MR) is 59.7 cm³/mol. The maximum absolute atomic E-state index is 5.28. The van der Waals surface area contributed by atoms with E-state index in [-0.39, 0.29) is 5.54 Å². The van der Waals surface area contributed by atoms with E-state index in [0.717, 1.165) is 18.8 Å². The van der Waals surface area contributed by atoms with Crippen LogP contribution in [0.5, 0.6) is 0 Å². The van der Waals surface area contributed by atoms with Crippen LogP contribution < -0.4 is 5.32 Å². The Morgan fingerprint density at radius 1 is 1.40 bits per heavy atom. The summed E-state index contributed by atoms with van der Waals surface area (Å²) >= 11 is 0. The third-order valence-corrected chi connectivity index (χ3v) is 2.65. The summed E-state index contributed by atoms with van der Waals surface area (Å²) in [5, 5.41) is 7.32. The van der Waals surface area contributed by atoms with Gasteiger partial charge in [0.15, 0.2) is 5.82 Å². The van der Waals surface area contributed by atoms with E-state index in [1.54, 1.807) is 0 Å². The third kappa shape index (κ3) is 2.78. The molecule has 15 heavy (non-hydrogen) atoms. The maximum Gasteiger partial charge on any atom is 0.246 e. The van der Waals surface area contributed by atoms with Crippen LogP contribution in [0.25, 0.3) is 0 Å². The van der Waals surface area contributed by atoms with Crippen molar-refractivity contribution in [2.24, 2.45) is 0 Å². The Bertz CT molecular complexity index is 307. The van der Waals surface area contributed by atoms with Crippen molar-refractivity contribution in [3.8, 4) is 0 Å². The standard InChI is InChI=1S/C11H21N3O/c1-6-8(3)9-13-10(15-14-9)11(4,5)12-7-2/h8,12H,6-7H2,1-5H3. The molecule has 1 rings (SSSR count). The van der Waals surface area contributed by atoms with E-state index in [0.29, 0.717) is 11.8 Å². The lowest BCUT2D eigenvalue weighted by molar-refractivity contribution is 0.270. The quantitative estimate of drug-likeness (QED) is 0.812. The second-order valence-electron chi connectivity index (χ2n) is 4.42. The molecule has 0 saturated heterocycles. The minimum Gasteiger partial charge on any atom is -0.337 e. The molecule has 0 bridgehead atoms. The summed E-state index contributed by atoms with van der Waals surface area (Å²) in [6.45, 7) is 11.3. The van der Waals surface area contributed by atoms with Gasteiger partial charge in [0, 0.05) is 5.92 Å². The van der Waals surface area contributed by atoms with Crippen LogP contribution in [0.2, 0.25) is 0 Å². The highest BCUT2D eigenvalue weighted by Gasteiger charge is 2.27. The summed E-state index contributed by atoms with van der Waals surface area (Å²) in [6.07, 6.45) is 1.03. The summed E-state index contributed by atoms with van der Waals surface area (Å²) in [5.74, 6) is 1.83. The predicted octanol–water partition coefficient (Wildman–Crippen LogP) is 2.43. The van der Waals surface area contributed by atoms with Gasteiger partial charge in [0.1, 0.15) is 0 Å². The zero-order chi connectivity index (χ0) is 11.5. The van der Waals surface area contributed by atoms with Gasteiger partial charge in [-0.05, 0) is 26.8 Å². The molecule has 0 aliphatic carbocycles. The van der Waals surface area contributed by atoms with Crippen LogP contribution in [-0.2, 0) is 5.54 Å². The largest absolute Gasteiger partial charge is 0.337 e. The van der Waals surface area contributed by atoms with Crippen molar-refractivity contribution >= 4 is 0 Å². The Kier molecular flexibility index (Phi) is 3.85. The fourth-order valence-electron chi connectivity index (χ4n) is 1.39. The zero-order valence-corrected chi connectivity index (χ0v) is 10.3. The molecule has 0 aromatic carbocycles. The molecule has 4 nitrogen and oxygen atoms in total. The number of nitrogens with one attached hydrogen (secondary N) is 1. The molecule has 0 spiro atoms. The molecule has 4 heteroatoms.